The number of amides is 1. The summed E-state index contributed by atoms with van der Waals surface area (Å²) in [5.41, 5.74) is 1.03. The summed E-state index contributed by atoms with van der Waals surface area (Å²) in [4.78, 5) is 26.9. The van der Waals surface area contributed by atoms with E-state index in [0.717, 1.165) is 0 Å². The van der Waals surface area contributed by atoms with E-state index < -0.39 is 23.6 Å². The molecule has 190 valence electrons. The van der Waals surface area contributed by atoms with Crippen molar-refractivity contribution in [2.24, 2.45) is 0 Å². The van der Waals surface area contributed by atoms with Gasteiger partial charge in [-0.25, -0.2) is 4.79 Å². The summed E-state index contributed by atoms with van der Waals surface area (Å²) in [5, 5.41) is 3.46. The van der Waals surface area contributed by atoms with Crippen LogP contribution in [-0.2, 0) is 4.79 Å². The lowest BCUT2D eigenvalue weighted by Crippen LogP contribution is -2.35. The van der Waals surface area contributed by atoms with Crippen LogP contribution in [-0.4, -0.2) is 40.5 Å². The maximum Gasteiger partial charge on any atom is 0.344 e. The van der Waals surface area contributed by atoms with Crippen LogP contribution in [0.4, 0.5) is 5.69 Å². The molecule has 0 saturated carbocycles. The molecule has 1 aromatic heterocycles. The molecule has 4 aromatic rings. The van der Waals surface area contributed by atoms with Gasteiger partial charge in [0.25, 0.3) is 5.91 Å². The molecule has 2 heterocycles. The lowest BCUT2D eigenvalue weighted by Gasteiger charge is -2.22. The van der Waals surface area contributed by atoms with Gasteiger partial charge < -0.3 is 33.4 Å². The van der Waals surface area contributed by atoms with E-state index in [1.807, 2.05) is 6.07 Å². The third-order valence-electron chi connectivity index (χ3n) is 6.34. The van der Waals surface area contributed by atoms with E-state index in [9.17, 15) is 9.59 Å². The molecule has 1 aliphatic rings. The maximum atomic E-state index is 13.6. The first-order chi connectivity index (χ1) is 18.0. The SMILES string of the molecule is COc1ccc(NC(=O)[C@H]2Oc3c(c(=O)oc4ccccc34)[C@H]2c2ccc(OC)c(OC)c2OC)cc1. The Morgan fingerprint density at radius 2 is 1.57 bits per heavy atom. The summed E-state index contributed by atoms with van der Waals surface area (Å²) >= 11 is 0. The third-order valence-corrected chi connectivity index (χ3v) is 6.34. The maximum absolute atomic E-state index is 13.6. The number of anilines is 1. The molecule has 0 aliphatic carbocycles. The molecule has 0 bridgehead atoms. The number of carbonyl (C=O) groups is 1. The number of fused-ring (bicyclic) bond motifs is 3. The molecule has 3 aromatic carbocycles. The van der Waals surface area contributed by atoms with Crippen molar-refractivity contribution in [3.8, 4) is 28.7 Å². The van der Waals surface area contributed by atoms with Crippen molar-refractivity contribution in [2.45, 2.75) is 12.0 Å². The van der Waals surface area contributed by atoms with Crippen LogP contribution >= 0.6 is 0 Å². The van der Waals surface area contributed by atoms with Gasteiger partial charge in [-0.2, -0.15) is 0 Å². The van der Waals surface area contributed by atoms with Crippen LogP contribution in [0.3, 0.4) is 0 Å². The second-order valence-corrected chi connectivity index (χ2v) is 8.29. The first-order valence-electron chi connectivity index (χ1n) is 11.5. The molecule has 5 rings (SSSR count). The highest BCUT2D eigenvalue weighted by Gasteiger charge is 2.46. The van der Waals surface area contributed by atoms with Gasteiger partial charge in [-0.3, -0.25) is 4.79 Å². The fraction of sp³-hybridized carbons (Fsp3) is 0.214. The van der Waals surface area contributed by atoms with Crippen LogP contribution in [0.5, 0.6) is 28.7 Å². The van der Waals surface area contributed by atoms with Crippen LogP contribution in [0.15, 0.2) is 69.9 Å². The Morgan fingerprint density at radius 1 is 0.838 bits per heavy atom. The fourth-order valence-electron chi connectivity index (χ4n) is 4.66. The number of nitrogens with one attached hydrogen (secondary N) is 1. The zero-order valence-corrected chi connectivity index (χ0v) is 20.7. The van der Waals surface area contributed by atoms with Gasteiger partial charge in [-0.05, 0) is 42.5 Å². The number of ether oxygens (including phenoxy) is 5. The first-order valence-corrected chi connectivity index (χ1v) is 11.5. The monoisotopic (exact) mass is 503 g/mol. The van der Waals surface area contributed by atoms with E-state index in [0.29, 0.717) is 51.0 Å². The number of methoxy groups -OCH3 is 4. The lowest BCUT2D eigenvalue weighted by atomic mass is 9.87. The van der Waals surface area contributed by atoms with Crippen molar-refractivity contribution in [3.05, 3.63) is 82.2 Å². The molecule has 0 fully saturated rings. The molecule has 9 nitrogen and oxygen atoms in total. The number of carbonyl (C=O) groups excluding carboxylic acids is 1. The average Bonchev–Trinajstić information content (AvgIpc) is 3.34. The van der Waals surface area contributed by atoms with Crippen LogP contribution in [0.2, 0.25) is 0 Å². The van der Waals surface area contributed by atoms with Gasteiger partial charge in [0.1, 0.15) is 17.1 Å². The predicted octanol–water partition coefficient (Wildman–Crippen LogP) is 4.36. The summed E-state index contributed by atoms with van der Waals surface area (Å²) < 4.78 is 33.7. The molecule has 0 unspecified atom stereocenters. The molecule has 0 spiro atoms. The molecule has 1 aliphatic heterocycles. The van der Waals surface area contributed by atoms with Gasteiger partial charge in [0.15, 0.2) is 17.6 Å². The average molecular weight is 504 g/mol. The van der Waals surface area contributed by atoms with E-state index in [2.05, 4.69) is 5.32 Å². The molecule has 0 saturated heterocycles. The highest BCUT2D eigenvalue weighted by molar-refractivity contribution is 5.98. The Bertz CT molecular complexity index is 1530. The van der Waals surface area contributed by atoms with Crippen molar-refractivity contribution >= 4 is 22.6 Å². The van der Waals surface area contributed by atoms with Crippen molar-refractivity contribution in [1.82, 2.24) is 0 Å². The molecular weight excluding hydrogens is 478 g/mol. The molecule has 1 N–H and O–H groups in total. The highest BCUT2D eigenvalue weighted by Crippen LogP contribution is 2.50. The van der Waals surface area contributed by atoms with Gasteiger partial charge in [0, 0.05) is 11.3 Å². The van der Waals surface area contributed by atoms with E-state index in [1.54, 1.807) is 61.7 Å². The smallest absolute Gasteiger partial charge is 0.344 e. The number of hydrogen-bond donors (Lipinski definition) is 1. The van der Waals surface area contributed by atoms with Crippen LogP contribution in [0, 0.1) is 0 Å². The molecule has 1 amide bonds. The van der Waals surface area contributed by atoms with Crippen molar-refractivity contribution in [3.63, 3.8) is 0 Å². The summed E-state index contributed by atoms with van der Waals surface area (Å²) in [6, 6.07) is 17.3. The van der Waals surface area contributed by atoms with Gasteiger partial charge in [-0.15, -0.1) is 0 Å². The highest BCUT2D eigenvalue weighted by atomic mass is 16.5. The largest absolute Gasteiger partial charge is 0.497 e. The van der Waals surface area contributed by atoms with Crippen LogP contribution in [0.25, 0.3) is 11.0 Å². The quantitative estimate of drug-likeness (QED) is 0.371. The van der Waals surface area contributed by atoms with E-state index in [-0.39, 0.29) is 5.56 Å². The lowest BCUT2D eigenvalue weighted by molar-refractivity contribution is -0.122. The van der Waals surface area contributed by atoms with Gasteiger partial charge in [-0.1, -0.05) is 18.2 Å². The zero-order valence-electron chi connectivity index (χ0n) is 20.7. The normalized spacial score (nSPS) is 16.0. The van der Waals surface area contributed by atoms with E-state index in [4.69, 9.17) is 28.1 Å². The van der Waals surface area contributed by atoms with Crippen molar-refractivity contribution in [2.75, 3.05) is 33.8 Å². The predicted molar refractivity (Wildman–Crippen MR) is 136 cm³/mol. The molecular formula is C28H25NO8. The minimum Gasteiger partial charge on any atom is -0.497 e. The molecule has 9 heteroatoms. The number of hydrogen-bond acceptors (Lipinski definition) is 8. The summed E-state index contributed by atoms with van der Waals surface area (Å²) in [5.74, 6) is 0.721. The number of para-hydroxylation sites is 1. The minimum atomic E-state index is -1.11. The number of benzene rings is 3. The molecule has 0 radical (unpaired) electrons. The van der Waals surface area contributed by atoms with Crippen LogP contribution in [0.1, 0.15) is 17.0 Å². The number of rotatable bonds is 7. The standard InChI is InChI=1S/C28H25NO8/c1-32-16-11-9-15(10-12-16)29-27(30)26-21(18-13-14-20(33-2)25(35-4)24(18)34-3)22-23(37-26)17-7-5-6-8-19(17)36-28(22)31/h5-14,21,26H,1-4H3,(H,29,30)/t21-,26+/m1/s1. The summed E-state index contributed by atoms with van der Waals surface area (Å²) in [6.07, 6.45) is -1.11. The molecule has 37 heavy (non-hydrogen) atoms. The summed E-state index contributed by atoms with van der Waals surface area (Å²) in [6.45, 7) is 0. The molecule has 2 atom stereocenters. The van der Waals surface area contributed by atoms with Crippen molar-refractivity contribution in [1.29, 1.82) is 0 Å². The van der Waals surface area contributed by atoms with Gasteiger partial charge in [0.05, 0.1) is 45.3 Å². The minimum absolute atomic E-state index is 0.221. The Labute approximate surface area is 212 Å². The summed E-state index contributed by atoms with van der Waals surface area (Å²) in [7, 11) is 6.04. The Morgan fingerprint density at radius 3 is 2.24 bits per heavy atom. The zero-order chi connectivity index (χ0) is 26.1. The Balaban J connectivity index is 1.68. The Hall–Kier alpha value is -4.66. The van der Waals surface area contributed by atoms with Gasteiger partial charge in [0.2, 0.25) is 5.75 Å². The van der Waals surface area contributed by atoms with E-state index >= 15 is 0 Å². The topological polar surface area (TPSA) is 105 Å². The first kappa shape index (κ1) is 24.1. The van der Waals surface area contributed by atoms with Crippen molar-refractivity contribution < 1.29 is 32.9 Å². The van der Waals surface area contributed by atoms with Gasteiger partial charge >= 0.3 is 5.63 Å². The van der Waals surface area contributed by atoms with Crippen LogP contribution < -0.4 is 34.6 Å². The fourth-order valence-corrected chi connectivity index (χ4v) is 4.66. The van der Waals surface area contributed by atoms with E-state index in [1.165, 1.54) is 21.3 Å². The second-order valence-electron chi connectivity index (χ2n) is 8.29. The third kappa shape index (κ3) is 4.08. The Kier molecular flexibility index (Phi) is 6.35. The second kappa shape index (κ2) is 9.77.